The number of nitrogens with one attached hydrogen (secondary N) is 1. The maximum atomic E-state index is 12.8. The minimum absolute atomic E-state index is 0.0877. The highest BCUT2D eigenvalue weighted by Gasteiger charge is 2.33. The first-order chi connectivity index (χ1) is 9.48. The number of hydrogen-bond acceptors (Lipinski definition) is 3. The largest absolute Gasteiger partial charge is 0.418 e. The Morgan fingerprint density at radius 1 is 1.10 bits per heavy atom. The van der Waals surface area contributed by atoms with Crippen LogP contribution in [0.25, 0.3) is 0 Å². The van der Waals surface area contributed by atoms with E-state index in [0.29, 0.717) is 11.4 Å². The van der Waals surface area contributed by atoms with Crippen LogP contribution < -0.4 is 5.43 Å². The van der Waals surface area contributed by atoms with Crippen LogP contribution in [0.15, 0.2) is 53.8 Å². The number of alkyl halides is 3. The van der Waals surface area contributed by atoms with Gasteiger partial charge in [0.15, 0.2) is 0 Å². The van der Waals surface area contributed by atoms with E-state index >= 15 is 0 Å². The van der Waals surface area contributed by atoms with Crippen molar-refractivity contribution in [3.63, 3.8) is 0 Å². The Hall–Kier alpha value is -2.37. The summed E-state index contributed by atoms with van der Waals surface area (Å²) in [5, 5.41) is 3.94. The van der Waals surface area contributed by atoms with E-state index < -0.39 is 11.7 Å². The number of pyridine rings is 1. The summed E-state index contributed by atoms with van der Waals surface area (Å²) in [6, 6.07) is 10.5. The number of para-hydroxylation sites is 1. The molecule has 20 heavy (non-hydrogen) atoms. The van der Waals surface area contributed by atoms with Crippen LogP contribution >= 0.6 is 0 Å². The monoisotopic (exact) mass is 279 g/mol. The molecule has 0 aliphatic carbocycles. The molecule has 2 rings (SSSR count). The predicted molar refractivity (Wildman–Crippen MR) is 71.5 cm³/mol. The van der Waals surface area contributed by atoms with E-state index in [1.807, 2.05) is 0 Å². The van der Waals surface area contributed by atoms with Crippen molar-refractivity contribution in [1.82, 2.24) is 4.98 Å². The number of benzene rings is 1. The summed E-state index contributed by atoms with van der Waals surface area (Å²) in [7, 11) is 0. The van der Waals surface area contributed by atoms with Crippen LogP contribution in [0.1, 0.15) is 18.2 Å². The lowest BCUT2D eigenvalue weighted by atomic mass is 10.2. The fourth-order valence-electron chi connectivity index (χ4n) is 1.61. The van der Waals surface area contributed by atoms with E-state index in [2.05, 4.69) is 15.5 Å². The minimum Gasteiger partial charge on any atom is -0.278 e. The second kappa shape index (κ2) is 5.73. The molecule has 0 saturated heterocycles. The molecule has 0 fully saturated rings. The van der Waals surface area contributed by atoms with Gasteiger partial charge in [0.05, 0.1) is 22.7 Å². The third-order valence-electron chi connectivity index (χ3n) is 2.61. The third-order valence-corrected chi connectivity index (χ3v) is 2.61. The first-order valence-corrected chi connectivity index (χ1v) is 5.86. The quantitative estimate of drug-likeness (QED) is 0.682. The summed E-state index contributed by atoms with van der Waals surface area (Å²) in [6.45, 7) is 1.67. The van der Waals surface area contributed by atoms with Crippen LogP contribution in [0.4, 0.5) is 18.9 Å². The summed E-state index contributed by atoms with van der Waals surface area (Å²) >= 11 is 0. The van der Waals surface area contributed by atoms with Crippen molar-refractivity contribution in [3.8, 4) is 0 Å². The fourth-order valence-corrected chi connectivity index (χ4v) is 1.61. The Balaban J connectivity index is 2.24. The normalized spacial score (nSPS) is 12.3. The average Bonchev–Trinajstić information content (AvgIpc) is 2.45. The summed E-state index contributed by atoms with van der Waals surface area (Å²) in [4.78, 5) is 4.07. The molecule has 0 aliphatic rings. The van der Waals surface area contributed by atoms with E-state index in [9.17, 15) is 13.2 Å². The Morgan fingerprint density at radius 3 is 2.45 bits per heavy atom. The maximum Gasteiger partial charge on any atom is 0.418 e. The number of aromatic nitrogens is 1. The van der Waals surface area contributed by atoms with Crippen LogP contribution in [0, 0.1) is 0 Å². The molecule has 0 bridgehead atoms. The molecule has 1 aromatic carbocycles. The first-order valence-electron chi connectivity index (χ1n) is 5.86. The molecule has 1 N–H and O–H groups in total. The van der Waals surface area contributed by atoms with Crippen molar-refractivity contribution in [1.29, 1.82) is 0 Å². The van der Waals surface area contributed by atoms with Crippen molar-refractivity contribution in [2.45, 2.75) is 13.1 Å². The SMILES string of the molecule is C/C(=N/Nc1ccccc1C(F)(F)F)c1ccccn1. The molecule has 0 aliphatic heterocycles. The van der Waals surface area contributed by atoms with Gasteiger partial charge in [-0.1, -0.05) is 18.2 Å². The Bertz CT molecular complexity index is 607. The van der Waals surface area contributed by atoms with Crippen LogP contribution in [0.2, 0.25) is 0 Å². The van der Waals surface area contributed by atoms with Gasteiger partial charge in [-0.3, -0.25) is 10.4 Å². The number of nitrogens with zero attached hydrogens (tertiary/aromatic N) is 2. The predicted octanol–water partition coefficient (Wildman–Crippen LogP) is 3.94. The molecule has 104 valence electrons. The van der Waals surface area contributed by atoms with Crippen LogP contribution in [0.3, 0.4) is 0 Å². The second-order valence-electron chi connectivity index (χ2n) is 4.07. The summed E-state index contributed by atoms with van der Waals surface area (Å²) in [5.41, 5.74) is 2.71. The summed E-state index contributed by atoms with van der Waals surface area (Å²) in [5.74, 6) is 0. The van der Waals surface area contributed by atoms with Crippen molar-refractivity contribution >= 4 is 11.4 Å². The van der Waals surface area contributed by atoms with Gasteiger partial charge in [0, 0.05) is 6.20 Å². The summed E-state index contributed by atoms with van der Waals surface area (Å²) in [6.07, 6.45) is -2.82. The molecule has 3 nitrogen and oxygen atoms in total. The van der Waals surface area contributed by atoms with E-state index in [-0.39, 0.29) is 5.69 Å². The van der Waals surface area contributed by atoms with Gasteiger partial charge in [0.25, 0.3) is 0 Å². The number of anilines is 1. The topological polar surface area (TPSA) is 37.3 Å². The molecule has 0 radical (unpaired) electrons. The van der Waals surface area contributed by atoms with Gasteiger partial charge in [-0.2, -0.15) is 18.3 Å². The molecular weight excluding hydrogens is 267 g/mol. The average molecular weight is 279 g/mol. The lowest BCUT2D eigenvalue weighted by Gasteiger charge is -2.12. The molecule has 1 heterocycles. The van der Waals surface area contributed by atoms with E-state index in [0.717, 1.165) is 6.07 Å². The van der Waals surface area contributed by atoms with E-state index in [4.69, 9.17) is 0 Å². The van der Waals surface area contributed by atoms with Gasteiger partial charge in [0.2, 0.25) is 0 Å². The Kier molecular flexibility index (Phi) is 4.02. The van der Waals surface area contributed by atoms with Gasteiger partial charge in [-0.05, 0) is 31.2 Å². The standard InChI is InChI=1S/C14H12F3N3/c1-10(12-7-4-5-9-18-12)19-20-13-8-3-2-6-11(13)14(15,16)17/h2-9,20H,1H3/b19-10-. The molecule has 0 amide bonds. The summed E-state index contributed by atoms with van der Waals surface area (Å²) < 4.78 is 38.4. The van der Waals surface area contributed by atoms with Crippen molar-refractivity contribution in [2.75, 3.05) is 5.43 Å². The third kappa shape index (κ3) is 3.34. The zero-order valence-electron chi connectivity index (χ0n) is 10.6. The van der Waals surface area contributed by atoms with Crippen molar-refractivity contribution in [2.24, 2.45) is 5.10 Å². The van der Waals surface area contributed by atoms with E-state index in [1.54, 1.807) is 31.3 Å². The van der Waals surface area contributed by atoms with Crippen molar-refractivity contribution in [3.05, 3.63) is 59.9 Å². The van der Waals surface area contributed by atoms with Crippen LogP contribution in [-0.2, 0) is 6.18 Å². The van der Waals surface area contributed by atoms with Crippen LogP contribution in [-0.4, -0.2) is 10.7 Å². The van der Waals surface area contributed by atoms with Gasteiger partial charge in [-0.15, -0.1) is 0 Å². The molecular formula is C14H12F3N3. The number of rotatable bonds is 3. The second-order valence-corrected chi connectivity index (χ2v) is 4.07. The Labute approximate surface area is 114 Å². The van der Waals surface area contributed by atoms with Crippen LogP contribution in [0.5, 0.6) is 0 Å². The van der Waals surface area contributed by atoms with Gasteiger partial charge >= 0.3 is 6.18 Å². The van der Waals surface area contributed by atoms with E-state index in [1.165, 1.54) is 18.2 Å². The molecule has 0 unspecified atom stereocenters. The highest BCUT2D eigenvalue weighted by Crippen LogP contribution is 2.34. The number of hydrogen-bond donors (Lipinski definition) is 1. The zero-order chi connectivity index (χ0) is 14.6. The lowest BCUT2D eigenvalue weighted by molar-refractivity contribution is -0.136. The van der Waals surface area contributed by atoms with Gasteiger partial charge < -0.3 is 0 Å². The molecule has 6 heteroatoms. The molecule has 0 spiro atoms. The number of halogens is 3. The van der Waals surface area contributed by atoms with Crippen molar-refractivity contribution < 1.29 is 13.2 Å². The molecule has 0 saturated carbocycles. The molecule has 0 atom stereocenters. The lowest BCUT2D eigenvalue weighted by Crippen LogP contribution is -2.09. The highest BCUT2D eigenvalue weighted by atomic mass is 19.4. The first kappa shape index (κ1) is 14.0. The smallest absolute Gasteiger partial charge is 0.278 e. The zero-order valence-corrected chi connectivity index (χ0v) is 10.6. The Morgan fingerprint density at radius 2 is 1.80 bits per heavy atom. The minimum atomic E-state index is -4.42. The molecule has 1 aromatic heterocycles. The molecule has 2 aromatic rings. The van der Waals surface area contributed by atoms with Gasteiger partial charge in [-0.25, -0.2) is 0 Å². The number of hydrazone groups is 1. The van der Waals surface area contributed by atoms with Gasteiger partial charge in [0.1, 0.15) is 0 Å². The fraction of sp³-hybridized carbons (Fsp3) is 0.143. The highest BCUT2D eigenvalue weighted by molar-refractivity contribution is 5.97. The maximum absolute atomic E-state index is 12.8.